The summed E-state index contributed by atoms with van der Waals surface area (Å²) in [5.74, 6) is -0.815. The van der Waals surface area contributed by atoms with Gasteiger partial charge in [-0.15, -0.1) is 0 Å². The van der Waals surface area contributed by atoms with E-state index < -0.39 is 11.6 Å². The standard InChI is InChI=1S/C14H17F2N/c15-13-5-2-6-14(16)12(13)9-17-10-3-1-4-11(17)8-7-10/h2,5-6,10-11H,1,3-4,7-9H2/t10-,11?/m1/s1. The van der Waals surface area contributed by atoms with E-state index >= 15 is 0 Å². The highest BCUT2D eigenvalue weighted by Crippen LogP contribution is 2.36. The van der Waals surface area contributed by atoms with E-state index in [2.05, 4.69) is 4.90 Å². The maximum absolute atomic E-state index is 13.6. The van der Waals surface area contributed by atoms with Crippen molar-refractivity contribution >= 4 is 0 Å². The molecule has 0 spiro atoms. The molecule has 2 aliphatic rings. The van der Waals surface area contributed by atoms with Gasteiger partial charge in [0.15, 0.2) is 0 Å². The van der Waals surface area contributed by atoms with E-state index in [1.807, 2.05) is 0 Å². The lowest BCUT2D eigenvalue weighted by Gasteiger charge is -2.34. The first-order valence-corrected chi connectivity index (χ1v) is 6.44. The molecule has 1 nitrogen and oxygen atoms in total. The molecule has 3 rings (SSSR count). The van der Waals surface area contributed by atoms with Gasteiger partial charge in [-0.2, -0.15) is 0 Å². The van der Waals surface area contributed by atoms with E-state index in [0.717, 1.165) is 0 Å². The van der Waals surface area contributed by atoms with E-state index in [-0.39, 0.29) is 5.56 Å². The summed E-state index contributed by atoms with van der Waals surface area (Å²) in [7, 11) is 0. The fourth-order valence-electron chi connectivity index (χ4n) is 3.35. The predicted octanol–water partition coefficient (Wildman–Crippen LogP) is 3.48. The zero-order valence-corrected chi connectivity index (χ0v) is 9.83. The van der Waals surface area contributed by atoms with Gasteiger partial charge in [0.2, 0.25) is 0 Å². The number of hydrogen-bond donors (Lipinski definition) is 0. The number of hydrogen-bond acceptors (Lipinski definition) is 1. The molecule has 17 heavy (non-hydrogen) atoms. The minimum atomic E-state index is -0.407. The number of piperidine rings is 1. The predicted molar refractivity (Wildman–Crippen MR) is 62.6 cm³/mol. The minimum Gasteiger partial charge on any atom is -0.293 e. The van der Waals surface area contributed by atoms with Gasteiger partial charge >= 0.3 is 0 Å². The fourth-order valence-corrected chi connectivity index (χ4v) is 3.35. The lowest BCUT2D eigenvalue weighted by atomic mass is 10.0. The van der Waals surface area contributed by atoms with Gasteiger partial charge in [-0.1, -0.05) is 12.5 Å². The minimum absolute atomic E-state index is 0.242. The number of nitrogens with zero attached hydrogens (tertiary/aromatic N) is 1. The first kappa shape index (κ1) is 11.1. The normalized spacial score (nSPS) is 28.6. The maximum atomic E-state index is 13.6. The molecule has 1 aromatic rings. The van der Waals surface area contributed by atoms with E-state index in [9.17, 15) is 8.78 Å². The van der Waals surface area contributed by atoms with Crippen molar-refractivity contribution in [2.45, 2.75) is 50.7 Å². The average Bonchev–Trinajstić information content (AvgIpc) is 2.55. The van der Waals surface area contributed by atoms with Crippen molar-refractivity contribution in [3.8, 4) is 0 Å². The number of rotatable bonds is 2. The molecular formula is C14H17F2N. The van der Waals surface area contributed by atoms with Crippen LogP contribution in [0.5, 0.6) is 0 Å². The van der Waals surface area contributed by atoms with Crippen molar-refractivity contribution < 1.29 is 8.78 Å². The van der Waals surface area contributed by atoms with E-state index in [0.29, 0.717) is 18.6 Å². The summed E-state index contributed by atoms with van der Waals surface area (Å²) in [4.78, 5) is 2.31. The molecule has 1 aromatic carbocycles. The van der Waals surface area contributed by atoms with Gasteiger partial charge < -0.3 is 0 Å². The van der Waals surface area contributed by atoms with Crippen molar-refractivity contribution in [2.24, 2.45) is 0 Å². The second-order valence-corrected chi connectivity index (χ2v) is 5.19. The van der Waals surface area contributed by atoms with Crippen LogP contribution >= 0.6 is 0 Å². The molecule has 0 radical (unpaired) electrons. The van der Waals surface area contributed by atoms with Crippen molar-refractivity contribution in [2.75, 3.05) is 0 Å². The van der Waals surface area contributed by atoms with Crippen LogP contribution < -0.4 is 0 Å². The summed E-state index contributed by atoms with van der Waals surface area (Å²) in [5, 5.41) is 0. The van der Waals surface area contributed by atoms with Gasteiger partial charge in [0.05, 0.1) is 0 Å². The second-order valence-electron chi connectivity index (χ2n) is 5.19. The molecule has 2 aliphatic heterocycles. The summed E-state index contributed by atoms with van der Waals surface area (Å²) in [5.41, 5.74) is 0.242. The van der Waals surface area contributed by atoms with Crippen LogP contribution in [-0.4, -0.2) is 17.0 Å². The highest BCUT2D eigenvalue weighted by Gasteiger charge is 2.36. The Morgan fingerprint density at radius 1 is 1.00 bits per heavy atom. The van der Waals surface area contributed by atoms with Crippen LogP contribution in [0.15, 0.2) is 18.2 Å². The molecule has 2 saturated heterocycles. The second kappa shape index (κ2) is 4.37. The molecular weight excluding hydrogens is 220 g/mol. The van der Waals surface area contributed by atoms with Crippen LogP contribution in [0.4, 0.5) is 8.78 Å². The number of benzene rings is 1. The summed E-state index contributed by atoms with van der Waals surface area (Å²) in [6.07, 6.45) is 6.03. The maximum Gasteiger partial charge on any atom is 0.130 e. The lowest BCUT2D eigenvalue weighted by molar-refractivity contribution is 0.129. The molecule has 1 unspecified atom stereocenters. The Labute approximate surface area is 100 Å². The van der Waals surface area contributed by atoms with Gasteiger partial charge in [0.25, 0.3) is 0 Å². The molecule has 2 bridgehead atoms. The first-order valence-electron chi connectivity index (χ1n) is 6.44. The smallest absolute Gasteiger partial charge is 0.130 e. The van der Waals surface area contributed by atoms with Gasteiger partial charge in [0, 0.05) is 24.2 Å². The van der Waals surface area contributed by atoms with E-state index in [1.54, 1.807) is 0 Å². The Balaban J connectivity index is 1.83. The molecule has 0 N–H and O–H groups in total. The van der Waals surface area contributed by atoms with Crippen molar-refractivity contribution in [1.82, 2.24) is 4.90 Å². The van der Waals surface area contributed by atoms with Crippen LogP contribution in [0.25, 0.3) is 0 Å². The third-order valence-electron chi connectivity index (χ3n) is 4.25. The Kier molecular flexibility index (Phi) is 2.87. The van der Waals surface area contributed by atoms with E-state index in [4.69, 9.17) is 0 Å². The van der Waals surface area contributed by atoms with Crippen molar-refractivity contribution in [3.63, 3.8) is 0 Å². The number of halogens is 2. The highest BCUT2D eigenvalue weighted by molar-refractivity contribution is 5.20. The van der Waals surface area contributed by atoms with Gasteiger partial charge in [-0.3, -0.25) is 4.90 Å². The molecule has 0 saturated carbocycles. The van der Waals surface area contributed by atoms with Crippen LogP contribution in [0.2, 0.25) is 0 Å². The molecule has 0 aliphatic carbocycles. The topological polar surface area (TPSA) is 3.24 Å². The summed E-state index contributed by atoms with van der Waals surface area (Å²) >= 11 is 0. The zero-order chi connectivity index (χ0) is 11.8. The van der Waals surface area contributed by atoms with Crippen molar-refractivity contribution in [1.29, 1.82) is 0 Å². The first-order chi connectivity index (χ1) is 8.25. The Morgan fingerprint density at radius 2 is 1.59 bits per heavy atom. The monoisotopic (exact) mass is 237 g/mol. The Bertz CT molecular complexity index is 382. The molecule has 2 fully saturated rings. The Morgan fingerprint density at radius 3 is 2.18 bits per heavy atom. The molecule has 92 valence electrons. The molecule has 2 heterocycles. The molecule has 0 aromatic heterocycles. The quantitative estimate of drug-likeness (QED) is 0.761. The fraction of sp³-hybridized carbons (Fsp3) is 0.571. The largest absolute Gasteiger partial charge is 0.293 e. The third kappa shape index (κ3) is 1.97. The van der Waals surface area contributed by atoms with Gasteiger partial charge in [-0.05, 0) is 37.8 Å². The van der Waals surface area contributed by atoms with Gasteiger partial charge in [-0.25, -0.2) is 8.78 Å². The lowest BCUT2D eigenvalue weighted by Crippen LogP contribution is -2.39. The van der Waals surface area contributed by atoms with Crippen molar-refractivity contribution in [3.05, 3.63) is 35.4 Å². The van der Waals surface area contributed by atoms with Crippen LogP contribution in [0.3, 0.4) is 0 Å². The highest BCUT2D eigenvalue weighted by atomic mass is 19.1. The number of fused-ring (bicyclic) bond motifs is 2. The third-order valence-corrected chi connectivity index (χ3v) is 4.25. The molecule has 3 heteroatoms. The molecule has 2 atom stereocenters. The average molecular weight is 237 g/mol. The van der Waals surface area contributed by atoms with Crippen LogP contribution in [0, 0.1) is 11.6 Å². The Hall–Kier alpha value is -0.960. The zero-order valence-electron chi connectivity index (χ0n) is 9.83. The van der Waals surface area contributed by atoms with E-state index in [1.165, 1.54) is 50.3 Å². The SMILES string of the molecule is Fc1cccc(F)c1CN1C2CCC[C@@H]1CC2. The summed E-state index contributed by atoms with van der Waals surface area (Å²) in [6.45, 7) is 0.438. The summed E-state index contributed by atoms with van der Waals surface area (Å²) in [6, 6.07) is 5.23. The van der Waals surface area contributed by atoms with Gasteiger partial charge in [0.1, 0.15) is 11.6 Å². The van der Waals surface area contributed by atoms with Crippen LogP contribution in [-0.2, 0) is 6.54 Å². The molecule has 0 amide bonds. The van der Waals surface area contributed by atoms with Crippen LogP contribution in [0.1, 0.15) is 37.7 Å². The summed E-state index contributed by atoms with van der Waals surface area (Å²) < 4.78 is 27.2.